The fourth-order valence-electron chi connectivity index (χ4n) is 12.6. The van der Waals surface area contributed by atoms with Gasteiger partial charge >= 0.3 is 5.97 Å². The predicted molar refractivity (Wildman–Crippen MR) is 370 cm³/mol. The summed E-state index contributed by atoms with van der Waals surface area (Å²) >= 11 is 0. The Balaban J connectivity index is 3.33. The number of hydrogen-bond donors (Lipinski definition) is 3. The number of hydrogen-bond acceptors (Lipinski definition) is 5. The highest BCUT2D eigenvalue weighted by atomic mass is 16.5. The number of carbonyl (C=O) groups excluding carboxylic acids is 2. The topological polar surface area (TPSA) is 95.9 Å². The van der Waals surface area contributed by atoms with E-state index in [1.807, 2.05) is 6.08 Å². The second kappa shape index (κ2) is 74.1. The molecule has 6 nitrogen and oxygen atoms in total. The summed E-state index contributed by atoms with van der Waals surface area (Å²) in [6.07, 6.45) is 93.3. The maximum Gasteiger partial charge on any atom is 0.305 e. The molecule has 0 aromatic heterocycles. The van der Waals surface area contributed by atoms with Gasteiger partial charge < -0.3 is 20.3 Å². The molecule has 0 saturated heterocycles. The molecule has 6 heteroatoms. The molecule has 0 radical (unpaired) electrons. The maximum atomic E-state index is 12.5. The van der Waals surface area contributed by atoms with Gasteiger partial charge in [-0.25, -0.2) is 0 Å². The third kappa shape index (κ3) is 69.7. The number of aliphatic hydroxyl groups excluding tert-OH is 2. The number of ether oxygens (including phenoxy) is 1. The Labute approximate surface area is 527 Å². The van der Waals surface area contributed by atoms with Gasteiger partial charge in [0.1, 0.15) is 0 Å². The lowest BCUT2D eigenvalue weighted by atomic mass is 10.0. The molecule has 3 N–H and O–H groups in total. The first-order valence-electron chi connectivity index (χ1n) is 39.0. The highest BCUT2D eigenvalue weighted by Gasteiger charge is 2.18. The fraction of sp³-hybridized carbons (Fsp3) is 0.949. The van der Waals surface area contributed by atoms with E-state index in [-0.39, 0.29) is 18.5 Å². The van der Waals surface area contributed by atoms with Crippen LogP contribution in [0.4, 0.5) is 0 Å². The molecule has 0 aliphatic carbocycles. The van der Waals surface area contributed by atoms with Crippen LogP contribution in [0.25, 0.3) is 0 Å². The van der Waals surface area contributed by atoms with Crippen LogP contribution in [0.2, 0.25) is 0 Å². The van der Waals surface area contributed by atoms with Crippen LogP contribution in [0.3, 0.4) is 0 Å². The zero-order valence-corrected chi connectivity index (χ0v) is 57.4. The van der Waals surface area contributed by atoms with Gasteiger partial charge in [-0.3, -0.25) is 9.59 Å². The number of esters is 1. The van der Waals surface area contributed by atoms with Crippen molar-refractivity contribution in [2.45, 2.75) is 463 Å². The van der Waals surface area contributed by atoms with Crippen molar-refractivity contribution in [2.75, 3.05) is 13.2 Å². The van der Waals surface area contributed by atoms with E-state index < -0.39 is 12.1 Å². The van der Waals surface area contributed by atoms with E-state index >= 15 is 0 Å². The average molecular weight is 1190 g/mol. The van der Waals surface area contributed by atoms with Crippen LogP contribution in [0, 0.1) is 0 Å². The summed E-state index contributed by atoms with van der Waals surface area (Å²) in [5.74, 6) is -0.0331. The number of unbranched alkanes of at least 4 members (excludes halogenated alkanes) is 63. The van der Waals surface area contributed by atoms with Gasteiger partial charge in [-0.15, -0.1) is 0 Å². The van der Waals surface area contributed by atoms with Crippen molar-refractivity contribution in [1.82, 2.24) is 5.32 Å². The van der Waals surface area contributed by atoms with E-state index in [9.17, 15) is 19.8 Å². The Morgan fingerprint density at radius 3 is 0.810 bits per heavy atom. The normalized spacial score (nSPS) is 12.5. The van der Waals surface area contributed by atoms with Crippen LogP contribution in [0.1, 0.15) is 450 Å². The molecular formula is C78H153NO5. The minimum atomic E-state index is -0.841. The smallest absolute Gasteiger partial charge is 0.305 e. The molecule has 0 aromatic rings. The van der Waals surface area contributed by atoms with Crippen LogP contribution >= 0.6 is 0 Å². The van der Waals surface area contributed by atoms with Gasteiger partial charge in [-0.05, 0) is 32.1 Å². The van der Waals surface area contributed by atoms with E-state index in [1.54, 1.807) is 6.08 Å². The summed E-state index contributed by atoms with van der Waals surface area (Å²) in [4.78, 5) is 24.6. The second-order valence-corrected chi connectivity index (χ2v) is 27.1. The molecule has 84 heavy (non-hydrogen) atoms. The van der Waals surface area contributed by atoms with Crippen LogP contribution in [-0.2, 0) is 14.3 Å². The van der Waals surface area contributed by atoms with Crippen molar-refractivity contribution in [2.24, 2.45) is 0 Å². The Morgan fingerprint density at radius 2 is 0.548 bits per heavy atom. The number of nitrogens with one attached hydrogen (secondary N) is 1. The molecule has 0 fully saturated rings. The third-order valence-electron chi connectivity index (χ3n) is 18.6. The van der Waals surface area contributed by atoms with Crippen molar-refractivity contribution < 1.29 is 24.5 Å². The quantitative estimate of drug-likeness (QED) is 0.0320. The van der Waals surface area contributed by atoms with Gasteiger partial charge in [-0.1, -0.05) is 418 Å². The molecule has 0 saturated carbocycles. The lowest BCUT2D eigenvalue weighted by Gasteiger charge is -2.20. The van der Waals surface area contributed by atoms with E-state index in [2.05, 4.69) is 19.2 Å². The van der Waals surface area contributed by atoms with Crippen molar-refractivity contribution in [3.63, 3.8) is 0 Å². The molecule has 0 heterocycles. The minimum Gasteiger partial charge on any atom is -0.466 e. The Morgan fingerprint density at radius 1 is 0.321 bits per heavy atom. The zero-order valence-electron chi connectivity index (χ0n) is 57.4. The summed E-state index contributed by atoms with van der Waals surface area (Å²) in [5.41, 5.74) is 0. The lowest BCUT2D eigenvalue weighted by Crippen LogP contribution is -2.45. The number of amides is 1. The van der Waals surface area contributed by atoms with Gasteiger partial charge in [-0.2, -0.15) is 0 Å². The van der Waals surface area contributed by atoms with Crippen molar-refractivity contribution >= 4 is 11.9 Å². The Kier molecular flexibility index (Phi) is 72.8. The van der Waals surface area contributed by atoms with Crippen LogP contribution in [0.5, 0.6) is 0 Å². The maximum absolute atomic E-state index is 12.5. The summed E-state index contributed by atoms with van der Waals surface area (Å²) < 4.78 is 5.51. The van der Waals surface area contributed by atoms with Crippen LogP contribution in [0.15, 0.2) is 12.2 Å². The van der Waals surface area contributed by atoms with Gasteiger partial charge in [0.05, 0.1) is 25.4 Å². The highest BCUT2D eigenvalue weighted by Crippen LogP contribution is 2.20. The fourth-order valence-corrected chi connectivity index (χ4v) is 12.6. The lowest BCUT2D eigenvalue weighted by molar-refractivity contribution is -0.143. The summed E-state index contributed by atoms with van der Waals surface area (Å²) in [6, 6.07) is -0.624. The second-order valence-electron chi connectivity index (χ2n) is 27.1. The number of allylic oxidation sites excluding steroid dienone is 1. The molecule has 0 bridgehead atoms. The number of aliphatic hydroxyl groups is 2. The Bertz CT molecular complexity index is 1270. The largest absolute Gasteiger partial charge is 0.466 e. The standard InChI is InChI=1S/C78H153NO5/c1-3-5-7-9-11-13-15-17-19-21-36-39-42-46-50-54-58-62-66-70-76(81)75(74-80)79-77(82)71-67-63-59-55-51-47-43-40-37-34-32-30-28-26-24-22-23-25-27-29-31-33-35-38-41-45-49-53-57-61-65-69-73-84-78(83)72-68-64-60-56-52-48-44-20-18-16-14-12-10-8-6-4-2/h66,70,75-76,80-81H,3-65,67-69,71-74H2,1-2H3,(H,79,82)/b70-66+. The SMILES string of the molecule is CCCCCCCCCCCCCCCCCCC/C=C/C(O)C(CO)NC(=O)CCCCCCCCCCCCCCCCCCCCCCCCCCCCCCCCCCOC(=O)CCCCCCCCCCCCCCCCCC. The van der Waals surface area contributed by atoms with Crippen molar-refractivity contribution in [3.8, 4) is 0 Å². The van der Waals surface area contributed by atoms with Crippen LogP contribution in [-0.4, -0.2) is 47.4 Å². The molecule has 0 aromatic carbocycles. The zero-order chi connectivity index (χ0) is 60.6. The molecular weight excluding hydrogens is 1030 g/mol. The first kappa shape index (κ1) is 82.6. The van der Waals surface area contributed by atoms with Gasteiger partial charge in [0.2, 0.25) is 5.91 Å². The van der Waals surface area contributed by atoms with Crippen LogP contribution < -0.4 is 5.32 Å². The molecule has 2 unspecified atom stereocenters. The Hall–Kier alpha value is -1.40. The molecule has 0 spiro atoms. The van der Waals surface area contributed by atoms with E-state index in [0.29, 0.717) is 19.4 Å². The summed E-state index contributed by atoms with van der Waals surface area (Å²) in [5, 5.41) is 23.3. The molecule has 1 amide bonds. The van der Waals surface area contributed by atoms with Gasteiger partial charge in [0.15, 0.2) is 0 Å². The molecule has 0 rings (SSSR count). The molecule has 2 atom stereocenters. The highest BCUT2D eigenvalue weighted by molar-refractivity contribution is 5.76. The molecule has 0 aliphatic heterocycles. The summed E-state index contributed by atoms with van der Waals surface area (Å²) in [6.45, 7) is 4.96. The van der Waals surface area contributed by atoms with E-state index in [1.165, 1.54) is 385 Å². The van der Waals surface area contributed by atoms with Gasteiger partial charge in [0.25, 0.3) is 0 Å². The monoisotopic (exact) mass is 1180 g/mol. The molecule has 0 aliphatic rings. The first-order chi connectivity index (χ1) is 41.5. The summed E-state index contributed by atoms with van der Waals surface area (Å²) in [7, 11) is 0. The predicted octanol–water partition coefficient (Wildman–Crippen LogP) is 25.5. The number of carbonyl (C=O) groups is 2. The van der Waals surface area contributed by atoms with Crippen molar-refractivity contribution in [1.29, 1.82) is 0 Å². The van der Waals surface area contributed by atoms with Gasteiger partial charge in [0, 0.05) is 12.8 Å². The third-order valence-corrected chi connectivity index (χ3v) is 18.6. The van der Waals surface area contributed by atoms with E-state index in [4.69, 9.17) is 4.74 Å². The van der Waals surface area contributed by atoms with Crippen molar-refractivity contribution in [3.05, 3.63) is 12.2 Å². The van der Waals surface area contributed by atoms with E-state index in [0.717, 1.165) is 38.5 Å². The molecule has 500 valence electrons. The number of rotatable bonds is 74. The first-order valence-corrected chi connectivity index (χ1v) is 39.0. The minimum absolute atomic E-state index is 0.0256. The average Bonchev–Trinajstić information content (AvgIpc) is 3.50.